The Labute approximate surface area is 121 Å². The Kier molecular flexibility index (Phi) is 3.99. The van der Waals surface area contributed by atoms with Gasteiger partial charge >= 0.3 is 0 Å². The van der Waals surface area contributed by atoms with Gasteiger partial charge in [-0.25, -0.2) is 0 Å². The summed E-state index contributed by atoms with van der Waals surface area (Å²) in [6, 6.07) is 0.369. The van der Waals surface area contributed by atoms with Gasteiger partial charge in [0.05, 0.1) is 11.8 Å². The first kappa shape index (κ1) is 13.9. The Morgan fingerprint density at radius 3 is 2.50 bits per heavy atom. The van der Waals surface area contributed by atoms with Crippen LogP contribution in [0.4, 0.5) is 0 Å². The molecule has 0 aromatic rings. The van der Waals surface area contributed by atoms with Gasteiger partial charge in [-0.3, -0.25) is 9.59 Å². The van der Waals surface area contributed by atoms with E-state index in [1.54, 1.807) is 0 Å². The summed E-state index contributed by atoms with van der Waals surface area (Å²) in [5, 5.41) is 3.13. The molecule has 1 aliphatic heterocycles. The minimum absolute atomic E-state index is 0.0262. The molecule has 0 radical (unpaired) electrons. The van der Waals surface area contributed by atoms with Crippen LogP contribution in [-0.2, 0) is 9.59 Å². The lowest BCUT2D eigenvalue weighted by atomic mass is 10.00. The van der Waals surface area contributed by atoms with Crippen LogP contribution in [0.5, 0.6) is 0 Å². The van der Waals surface area contributed by atoms with Crippen LogP contribution in [0.1, 0.15) is 51.9 Å². The minimum Gasteiger partial charge on any atom is -0.353 e. The highest BCUT2D eigenvalue weighted by Gasteiger charge is 2.50. The SMILES string of the molecule is CC1CCCN(C(=O)C2CC2C(=O)NC2CCCC2)C1. The van der Waals surface area contributed by atoms with Gasteiger partial charge in [-0.1, -0.05) is 19.8 Å². The molecule has 0 bridgehead atoms. The zero-order valence-corrected chi connectivity index (χ0v) is 12.4. The summed E-state index contributed by atoms with van der Waals surface area (Å²) in [5.41, 5.74) is 0. The Hall–Kier alpha value is -1.06. The van der Waals surface area contributed by atoms with Crippen molar-refractivity contribution in [3.05, 3.63) is 0 Å². The standard InChI is InChI=1S/C16H26N2O2/c1-11-5-4-8-18(10-11)16(20)14-9-13(14)15(19)17-12-6-2-3-7-12/h11-14H,2-10H2,1H3,(H,17,19). The van der Waals surface area contributed by atoms with E-state index in [-0.39, 0.29) is 23.7 Å². The number of rotatable bonds is 3. The first-order chi connectivity index (χ1) is 9.65. The number of nitrogens with one attached hydrogen (secondary N) is 1. The zero-order chi connectivity index (χ0) is 14.1. The molecule has 1 saturated heterocycles. The van der Waals surface area contributed by atoms with Gasteiger partial charge in [0.25, 0.3) is 0 Å². The minimum atomic E-state index is -0.0414. The molecule has 3 unspecified atom stereocenters. The maximum absolute atomic E-state index is 12.4. The smallest absolute Gasteiger partial charge is 0.226 e. The summed E-state index contributed by atoms with van der Waals surface area (Å²) >= 11 is 0. The van der Waals surface area contributed by atoms with E-state index >= 15 is 0 Å². The van der Waals surface area contributed by atoms with Gasteiger partial charge in [0.1, 0.15) is 0 Å². The van der Waals surface area contributed by atoms with E-state index in [0.717, 1.165) is 38.8 Å². The molecule has 4 heteroatoms. The second kappa shape index (κ2) is 5.74. The monoisotopic (exact) mass is 278 g/mol. The lowest BCUT2D eigenvalue weighted by molar-refractivity contribution is -0.136. The molecule has 3 atom stereocenters. The van der Waals surface area contributed by atoms with Crippen LogP contribution >= 0.6 is 0 Å². The Bertz CT molecular complexity index is 390. The predicted octanol–water partition coefficient (Wildman–Crippen LogP) is 1.94. The van der Waals surface area contributed by atoms with Crippen LogP contribution in [0.3, 0.4) is 0 Å². The molecule has 0 aromatic heterocycles. The van der Waals surface area contributed by atoms with E-state index < -0.39 is 0 Å². The topological polar surface area (TPSA) is 49.4 Å². The Balaban J connectivity index is 1.47. The number of piperidine rings is 1. The number of amides is 2. The first-order valence-electron chi connectivity index (χ1n) is 8.24. The fourth-order valence-corrected chi connectivity index (χ4v) is 3.76. The van der Waals surface area contributed by atoms with Crippen LogP contribution in [0.25, 0.3) is 0 Å². The van der Waals surface area contributed by atoms with Gasteiger partial charge in [0, 0.05) is 19.1 Å². The number of nitrogens with zero attached hydrogens (tertiary/aromatic N) is 1. The van der Waals surface area contributed by atoms with Crippen LogP contribution in [0.2, 0.25) is 0 Å². The summed E-state index contributed by atoms with van der Waals surface area (Å²) < 4.78 is 0. The third kappa shape index (κ3) is 2.99. The largest absolute Gasteiger partial charge is 0.353 e. The van der Waals surface area contributed by atoms with Gasteiger partial charge < -0.3 is 10.2 Å². The van der Waals surface area contributed by atoms with Crippen molar-refractivity contribution in [2.45, 2.75) is 57.9 Å². The quantitative estimate of drug-likeness (QED) is 0.857. The zero-order valence-electron chi connectivity index (χ0n) is 12.4. The maximum Gasteiger partial charge on any atom is 0.226 e. The molecule has 2 amide bonds. The van der Waals surface area contributed by atoms with E-state index in [2.05, 4.69) is 12.2 Å². The summed E-state index contributed by atoms with van der Waals surface area (Å²) in [6.07, 6.45) is 7.77. The third-order valence-corrected chi connectivity index (χ3v) is 5.11. The third-order valence-electron chi connectivity index (χ3n) is 5.11. The van der Waals surface area contributed by atoms with E-state index in [1.165, 1.54) is 19.3 Å². The van der Waals surface area contributed by atoms with E-state index in [0.29, 0.717) is 12.0 Å². The molecule has 2 saturated carbocycles. The van der Waals surface area contributed by atoms with Crippen LogP contribution < -0.4 is 5.32 Å². The van der Waals surface area contributed by atoms with E-state index in [4.69, 9.17) is 0 Å². The van der Waals surface area contributed by atoms with Crippen molar-refractivity contribution in [1.82, 2.24) is 10.2 Å². The molecule has 0 aromatic carbocycles. The molecule has 4 nitrogen and oxygen atoms in total. The molecule has 3 fully saturated rings. The van der Waals surface area contributed by atoms with Crippen molar-refractivity contribution in [3.63, 3.8) is 0 Å². The fourth-order valence-electron chi connectivity index (χ4n) is 3.76. The molecule has 1 N–H and O–H groups in total. The van der Waals surface area contributed by atoms with Crippen molar-refractivity contribution >= 4 is 11.8 Å². The van der Waals surface area contributed by atoms with E-state index in [9.17, 15) is 9.59 Å². The van der Waals surface area contributed by atoms with Gasteiger partial charge in [-0.15, -0.1) is 0 Å². The van der Waals surface area contributed by atoms with Crippen molar-refractivity contribution in [2.75, 3.05) is 13.1 Å². The molecule has 2 aliphatic carbocycles. The average Bonchev–Trinajstić information content (AvgIpc) is 3.09. The van der Waals surface area contributed by atoms with Gasteiger partial charge in [0.2, 0.25) is 11.8 Å². The van der Waals surface area contributed by atoms with Crippen LogP contribution in [0.15, 0.2) is 0 Å². The maximum atomic E-state index is 12.4. The molecule has 3 rings (SSSR count). The summed E-state index contributed by atoms with van der Waals surface area (Å²) in [4.78, 5) is 26.5. The molecular weight excluding hydrogens is 252 g/mol. The highest BCUT2D eigenvalue weighted by atomic mass is 16.2. The molecule has 112 valence electrons. The summed E-state index contributed by atoms with van der Waals surface area (Å²) in [6.45, 7) is 3.97. The van der Waals surface area contributed by atoms with Crippen molar-refractivity contribution in [2.24, 2.45) is 17.8 Å². The molecule has 0 spiro atoms. The second-order valence-electron chi connectivity index (χ2n) is 6.97. The molecule has 20 heavy (non-hydrogen) atoms. The predicted molar refractivity (Wildman–Crippen MR) is 77.0 cm³/mol. The van der Waals surface area contributed by atoms with Crippen molar-refractivity contribution in [1.29, 1.82) is 0 Å². The number of carbonyl (C=O) groups excluding carboxylic acids is 2. The summed E-state index contributed by atoms with van der Waals surface area (Å²) in [5.74, 6) is 0.891. The first-order valence-corrected chi connectivity index (χ1v) is 8.24. The molecular formula is C16H26N2O2. The fraction of sp³-hybridized carbons (Fsp3) is 0.875. The lowest BCUT2D eigenvalue weighted by Gasteiger charge is -2.31. The van der Waals surface area contributed by atoms with Gasteiger partial charge in [-0.2, -0.15) is 0 Å². The summed E-state index contributed by atoms with van der Waals surface area (Å²) in [7, 11) is 0. The number of hydrogen-bond acceptors (Lipinski definition) is 2. The van der Waals surface area contributed by atoms with E-state index in [1.807, 2.05) is 4.90 Å². The van der Waals surface area contributed by atoms with Gasteiger partial charge in [-0.05, 0) is 38.0 Å². The van der Waals surface area contributed by atoms with Crippen LogP contribution in [0, 0.1) is 17.8 Å². The number of likely N-dealkylation sites (tertiary alicyclic amines) is 1. The molecule has 3 aliphatic rings. The van der Waals surface area contributed by atoms with Gasteiger partial charge in [0.15, 0.2) is 0 Å². The normalized spacial score (nSPS) is 34.0. The second-order valence-corrected chi connectivity index (χ2v) is 6.97. The van der Waals surface area contributed by atoms with Crippen molar-refractivity contribution in [3.8, 4) is 0 Å². The Morgan fingerprint density at radius 1 is 1.05 bits per heavy atom. The number of hydrogen-bond donors (Lipinski definition) is 1. The average molecular weight is 278 g/mol. The lowest BCUT2D eigenvalue weighted by Crippen LogP contribution is -2.41. The van der Waals surface area contributed by atoms with Crippen molar-refractivity contribution < 1.29 is 9.59 Å². The highest BCUT2D eigenvalue weighted by Crippen LogP contribution is 2.41. The Morgan fingerprint density at radius 2 is 1.80 bits per heavy atom. The molecule has 1 heterocycles. The van der Waals surface area contributed by atoms with Crippen LogP contribution in [-0.4, -0.2) is 35.8 Å². The highest BCUT2D eigenvalue weighted by molar-refractivity contribution is 5.92. The number of carbonyl (C=O) groups is 2.